The van der Waals surface area contributed by atoms with Crippen molar-refractivity contribution in [1.82, 2.24) is 10.2 Å². The molecule has 1 aromatic rings. The average Bonchev–Trinajstić information content (AvgIpc) is 2.47. The number of aliphatic hydroxyl groups excluding tert-OH is 1. The third-order valence-electron chi connectivity index (χ3n) is 4.36. The lowest BCUT2D eigenvalue weighted by molar-refractivity contribution is -0.123. The Morgan fingerprint density at radius 3 is 2.77 bits per heavy atom. The Balaban J connectivity index is 1.86. The van der Waals surface area contributed by atoms with Crippen molar-refractivity contribution in [3.63, 3.8) is 0 Å². The highest BCUT2D eigenvalue weighted by Gasteiger charge is 2.31. The molecule has 1 aromatic carbocycles. The maximum absolute atomic E-state index is 12.2. The molecular weight excluding hydrogens is 300 g/mol. The van der Waals surface area contributed by atoms with Crippen LogP contribution in [0.25, 0.3) is 0 Å². The highest BCUT2D eigenvalue weighted by Crippen LogP contribution is 2.28. The quantitative estimate of drug-likeness (QED) is 0.875. The van der Waals surface area contributed by atoms with Crippen LogP contribution in [0.1, 0.15) is 38.3 Å². The largest absolute Gasteiger partial charge is 0.396 e. The fraction of sp³-hybridized carbons (Fsp3) is 0.588. The number of nitrogens with zero attached hydrogens (tertiary/aromatic N) is 1. The maximum Gasteiger partial charge on any atom is 0.234 e. The second-order valence-electron chi connectivity index (χ2n) is 6.62. The lowest BCUT2D eigenvalue weighted by atomic mass is 9.83. The molecule has 0 bridgehead atoms. The van der Waals surface area contributed by atoms with Crippen molar-refractivity contribution < 1.29 is 9.90 Å². The molecule has 4 nitrogen and oxygen atoms in total. The van der Waals surface area contributed by atoms with E-state index in [9.17, 15) is 9.90 Å². The van der Waals surface area contributed by atoms with Gasteiger partial charge < -0.3 is 10.4 Å². The van der Waals surface area contributed by atoms with Gasteiger partial charge in [0.15, 0.2) is 0 Å². The second-order valence-corrected chi connectivity index (χ2v) is 7.06. The Kier molecular flexibility index (Phi) is 5.84. The van der Waals surface area contributed by atoms with Gasteiger partial charge in [0.05, 0.1) is 12.6 Å². The fourth-order valence-corrected chi connectivity index (χ4v) is 3.14. The number of nitrogens with one attached hydrogen (secondary N) is 1. The minimum Gasteiger partial charge on any atom is -0.396 e. The summed E-state index contributed by atoms with van der Waals surface area (Å²) in [5, 5.41) is 13.2. The van der Waals surface area contributed by atoms with Crippen LogP contribution in [0.2, 0.25) is 5.02 Å². The summed E-state index contributed by atoms with van der Waals surface area (Å²) in [5.74, 6) is 0.0182. The highest BCUT2D eigenvalue weighted by molar-refractivity contribution is 6.30. The van der Waals surface area contributed by atoms with Crippen molar-refractivity contribution in [2.45, 2.75) is 32.7 Å². The van der Waals surface area contributed by atoms with Crippen molar-refractivity contribution in [2.75, 3.05) is 26.2 Å². The Morgan fingerprint density at radius 1 is 1.45 bits per heavy atom. The predicted molar refractivity (Wildman–Crippen MR) is 88.9 cm³/mol. The van der Waals surface area contributed by atoms with E-state index in [2.05, 4.69) is 17.1 Å². The summed E-state index contributed by atoms with van der Waals surface area (Å²) in [6.07, 6.45) is 2.04. The topological polar surface area (TPSA) is 52.6 Å². The summed E-state index contributed by atoms with van der Waals surface area (Å²) in [4.78, 5) is 14.3. The summed E-state index contributed by atoms with van der Waals surface area (Å²) >= 11 is 5.88. The highest BCUT2D eigenvalue weighted by atomic mass is 35.5. The van der Waals surface area contributed by atoms with E-state index in [1.807, 2.05) is 31.2 Å². The Hall–Kier alpha value is -1.10. The van der Waals surface area contributed by atoms with Gasteiger partial charge in [0.2, 0.25) is 5.91 Å². The number of rotatable bonds is 5. The van der Waals surface area contributed by atoms with Gasteiger partial charge in [-0.3, -0.25) is 9.69 Å². The third-order valence-corrected chi connectivity index (χ3v) is 4.61. The number of benzene rings is 1. The molecule has 122 valence electrons. The molecule has 0 aromatic heterocycles. The molecule has 2 N–H and O–H groups in total. The summed E-state index contributed by atoms with van der Waals surface area (Å²) < 4.78 is 0. The lowest BCUT2D eigenvalue weighted by Crippen LogP contribution is -2.47. The zero-order valence-electron chi connectivity index (χ0n) is 13.3. The van der Waals surface area contributed by atoms with Gasteiger partial charge in [-0.25, -0.2) is 0 Å². The van der Waals surface area contributed by atoms with E-state index < -0.39 is 0 Å². The molecule has 1 aliphatic rings. The molecule has 0 spiro atoms. The first-order valence-corrected chi connectivity index (χ1v) is 8.18. The van der Waals surface area contributed by atoms with E-state index in [1.54, 1.807) is 0 Å². The number of amides is 1. The molecule has 2 atom stereocenters. The van der Waals surface area contributed by atoms with Gasteiger partial charge in [0.25, 0.3) is 0 Å². The van der Waals surface area contributed by atoms with Crippen molar-refractivity contribution in [1.29, 1.82) is 0 Å². The monoisotopic (exact) mass is 324 g/mol. The lowest BCUT2D eigenvalue weighted by Gasteiger charge is -2.39. The van der Waals surface area contributed by atoms with Gasteiger partial charge in [-0.2, -0.15) is 0 Å². The number of likely N-dealkylation sites (tertiary alicyclic amines) is 1. The number of hydrogen-bond donors (Lipinski definition) is 2. The molecule has 0 aliphatic carbocycles. The third kappa shape index (κ3) is 4.70. The molecule has 1 fully saturated rings. The molecule has 1 saturated heterocycles. The van der Waals surface area contributed by atoms with Crippen LogP contribution in [0.15, 0.2) is 24.3 Å². The van der Waals surface area contributed by atoms with Crippen LogP contribution in [-0.2, 0) is 4.79 Å². The number of hydrogen-bond acceptors (Lipinski definition) is 3. The fourth-order valence-electron chi connectivity index (χ4n) is 3.02. The first-order valence-electron chi connectivity index (χ1n) is 7.80. The normalized spacial score (nSPS) is 24.0. The predicted octanol–water partition coefficient (Wildman–Crippen LogP) is 2.61. The minimum atomic E-state index is -0.0830. The standard InChI is InChI=1S/C17H25ClN2O2/c1-13(14-4-6-15(18)7-5-14)19-16(22)10-20-9-3-8-17(2,11-20)12-21/h4-7,13,21H,3,8-12H2,1-2H3,(H,19,22). The van der Waals surface area contributed by atoms with E-state index in [1.165, 1.54) is 0 Å². The average molecular weight is 325 g/mol. The summed E-state index contributed by atoms with van der Waals surface area (Å²) in [7, 11) is 0. The first kappa shape index (κ1) is 17.3. The van der Waals surface area contributed by atoms with Gasteiger partial charge in [0.1, 0.15) is 0 Å². The molecule has 1 heterocycles. The molecular formula is C17H25ClN2O2. The van der Waals surface area contributed by atoms with E-state index in [0.29, 0.717) is 11.6 Å². The zero-order chi connectivity index (χ0) is 16.2. The van der Waals surface area contributed by atoms with E-state index in [4.69, 9.17) is 11.6 Å². The first-order chi connectivity index (χ1) is 10.4. The summed E-state index contributed by atoms with van der Waals surface area (Å²) in [6.45, 7) is 6.28. The SMILES string of the molecule is CC(NC(=O)CN1CCCC(C)(CO)C1)c1ccc(Cl)cc1. The summed E-state index contributed by atoms with van der Waals surface area (Å²) in [5.41, 5.74) is 0.955. The minimum absolute atomic E-state index is 0.0182. The van der Waals surface area contributed by atoms with E-state index in [-0.39, 0.29) is 24.0 Å². The van der Waals surface area contributed by atoms with Gasteiger partial charge in [-0.05, 0) is 44.0 Å². The van der Waals surface area contributed by atoms with Crippen LogP contribution >= 0.6 is 11.6 Å². The number of aliphatic hydroxyl groups is 1. The Morgan fingerprint density at radius 2 is 2.14 bits per heavy atom. The molecule has 1 aliphatic heterocycles. The van der Waals surface area contributed by atoms with Crippen LogP contribution < -0.4 is 5.32 Å². The second kappa shape index (κ2) is 7.44. The van der Waals surface area contributed by atoms with Gasteiger partial charge >= 0.3 is 0 Å². The van der Waals surface area contributed by atoms with Crippen molar-refractivity contribution in [3.8, 4) is 0 Å². The Labute approximate surface area is 137 Å². The number of carbonyl (C=O) groups is 1. The smallest absolute Gasteiger partial charge is 0.234 e. The van der Waals surface area contributed by atoms with Crippen LogP contribution in [0.3, 0.4) is 0 Å². The molecule has 2 rings (SSSR count). The summed E-state index contributed by atoms with van der Waals surface area (Å²) in [6, 6.07) is 7.47. The molecule has 0 radical (unpaired) electrons. The van der Waals surface area contributed by atoms with Crippen molar-refractivity contribution in [2.24, 2.45) is 5.41 Å². The molecule has 0 saturated carbocycles. The van der Waals surface area contributed by atoms with Crippen molar-refractivity contribution >= 4 is 17.5 Å². The van der Waals surface area contributed by atoms with Crippen LogP contribution in [-0.4, -0.2) is 42.2 Å². The van der Waals surface area contributed by atoms with E-state index in [0.717, 1.165) is 31.5 Å². The van der Waals surface area contributed by atoms with E-state index >= 15 is 0 Å². The molecule has 22 heavy (non-hydrogen) atoms. The Bertz CT molecular complexity index is 506. The molecule has 5 heteroatoms. The maximum atomic E-state index is 12.2. The van der Waals surface area contributed by atoms with Crippen LogP contribution in [0.4, 0.5) is 0 Å². The van der Waals surface area contributed by atoms with Crippen LogP contribution in [0, 0.1) is 5.41 Å². The van der Waals surface area contributed by atoms with Crippen LogP contribution in [0.5, 0.6) is 0 Å². The zero-order valence-corrected chi connectivity index (χ0v) is 14.1. The molecule has 2 unspecified atom stereocenters. The van der Waals surface area contributed by atoms with Gasteiger partial charge in [-0.1, -0.05) is 30.7 Å². The van der Waals surface area contributed by atoms with Gasteiger partial charge in [-0.15, -0.1) is 0 Å². The number of carbonyl (C=O) groups excluding carboxylic acids is 1. The number of halogens is 1. The molecule has 1 amide bonds. The van der Waals surface area contributed by atoms with Crippen molar-refractivity contribution in [3.05, 3.63) is 34.9 Å². The number of piperidine rings is 1. The van der Waals surface area contributed by atoms with Gasteiger partial charge in [0, 0.05) is 23.6 Å².